The highest BCUT2D eigenvalue weighted by Gasteiger charge is 2.40. The van der Waals surface area contributed by atoms with Crippen molar-refractivity contribution in [2.45, 2.75) is 25.3 Å². The number of likely N-dealkylation sites (tertiary alicyclic amines) is 1. The molecule has 0 aliphatic carbocycles. The van der Waals surface area contributed by atoms with Gasteiger partial charge < -0.3 is 9.42 Å². The van der Waals surface area contributed by atoms with Crippen LogP contribution in [0.2, 0.25) is 0 Å². The second-order valence-electron chi connectivity index (χ2n) is 6.31. The average molecular weight is 337 g/mol. The van der Waals surface area contributed by atoms with Crippen molar-refractivity contribution in [3.05, 3.63) is 66.1 Å². The number of benzene rings is 1. The molecular weight excluding hydrogens is 318 g/mol. The van der Waals surface area contributed by atoms with E-state index in [0.717, 1.165) is 0 Å². The lowest BCUT2D eigenvalue weighted by atomic mass is 9.89. The lowest BCUT2D eigenvalue weighted by Crippen LogP contribution is -2.32. The van der Waals surface area contributed by atoms with Crippen LogP contribution in [0, 0.1) is 6.92 Å². The third-order valence-electron chi connectivity index (χ3n) is 4.62. The van der Waals surface area contributed by atoms with Gasteiger partial charge in [0.1, 0.15) is 6.54 Å². The maximum absolute atomic E-state index is 12.7. The summed E-state index contributed by atoms with van der Waals surface area (Å²) in [6.07, 6.45) is 3.47. The van der Waals surface area contributed by atoms with Crippen LogP contribution in [0.25, 0.3) is 0 Å². The van der Waals surface area contributed by atoms with Gasteiger partial charge in [0.2, 0.25) is 11.8 Å². The summed E-state index contributed by atoms with van der Waals surface area (Å²) in [7, 11) is 0. The molecule has 1 aliphatic heterocycles. The maximum atomic E-state index is 12.7. The Morgan fingerprint density at radius 3 is 2.68 bits per heavy atom. The molecule has 0 unspecified atom stereocenters. The van der Waals surface area contributed by atoms with Gasteiger partial charge >= 0.3 is 0 Å². The van der Waals surface area contributed by atoms with Gasteiger partial charge in [0.05, 0.1) is 5.92 Å². The largest absolute Gasteiger partial charge is 0.340 e. The van der Waals surface area contributed by atoms with Crippen LogP contribution in [0.15, 0.2) is 53.3 Å². The standard InChI is InChI=1S/C18H19N5O2/c1-13-20-18(25-21-13)16-11-22(17(24)12-23-9-5-8-19-23)10-15(16)14-6-3-2-4-7-14/h2-9,15-16H,10-12H2,1H3/t15-,16+/m1/s1. The highest BCUT2D eigenvalue weighted by molar-refractivity contribution is 5.76. The summed E-state index contributed by atoms with van der Waals surface area (Å²) in [4.78, 5) is 18.9. The molecule has 0 spiro atoms. The molecule has 7 nitrogen and oxygen atoms in total. The summed E-state index contributed by atoms with van der Waals surface area (Å²) in [6, 6.07) is 12.0. The molecule has 25 heavy (non-hydrogen) atoms. The summed E-state index contributed by atoms with van der Waals surface area (Å²) >= 11 is 0. The molecule has 1 aromatic carbocycles. The molecule has 1 amide bonds. The van der Waals surface area contributed by atoms with Crippen LogP contribution in [0.4, 0.5) is 0 Å². The van der Waals surface area contributed by atoms with E-state index in [1.807, 2.05) is 29.2 Å². The maximum Gasteiger partial charge on any atom is 0.244 e. The first-order valence-electron chi connectivity index (χ1n) is 8.31. The third kappa shape index (κ3) is 3.17. The SMILES string of the molecule is Cc1noc([C@H]2CN(C(=O)Cn3cccn3)C[C@@H]2c2ccccc2)n1. The quantitative estimate of drug-likeness (QED) is 0.727. The Morgan fingerprint density at radius 2 is 2.00 bits per heavy atom. The summed E-state index contributed by atoms with van der Waals surface area (Å²) in [6.45, 7) is 3.25. The van der Waals surface area contributed by atoms with Gasteiger partial charge in [-0.1, -0.05) is 35.5 Å². The first-order valence-corrected chi connectivity index (χ1v) is 8.31. The molecule has 128 valence electrons. The fraction of sp³-hybridized carbons (Fsp3) is 0.333. The Morgan fingerprint density at radius 1 is 1.20 bits per heavy atom. The van der Waals surface area contributed by atoms with E-state index in [-0.39, 0.29) is 24.3 Å². The zero-order valence-electron chi connectivity index (χ0n) is 13.9. The first kappa shape index (κ1) is 15.6. The fourth-order valence-corrected chi connectivity index (χ4v) is 3.39. The van der Waals surface area contributed by atoms with Crippen molar-refractivity contribution in [1.82, 2.24) is 24.8 Å². The Labute approximate surface area is 145 Å². The van der Waals surface area contributed by atoms with Crippen molar-refractivity contribution in [3.63, 3.8) is 0 Å². The van der Waals surface area contributed by atoms with Gasteiger partial charge in [-0.05, 0) is 18.6 Å². The van der Waals surface area contributed by atoms with Crippen LogP contribution in [-0.4, -0.2) is 43.8 Å². The first-order chi connectivity index (χ1) is 12.2. The van der Waals surface area contributed by atoms with Crippen molar-refractivity contribution in [1.29, 1.82) is 0 Å². The van der Waals surface area contributed by atoms with Crippen molar-refractivity contribution >= 4 is 5.91 Å². The van der Waals surface area contributed by atoms with Crippen LogP contribution >= 0.6 is 0 Å². The Hall–Kier alpha value is -2.96. The number of rotatable bonds is 4. The summed E-state index contributed by atoms with van der Waals surface area (Å²) in [5.74, 6) is 1.40. The number of carbonyl (C=O) groups is 1. The minimum Gasteiger partial charge on any atom is -0.340 e. The number of hydrogen-bond donors (Lipinski definition) is 0. The van der Waals surface area contributed by atoms with E-state index in [2.05, 4.69) is 27.4 Å². The normalized spacial score (nSPS) is 20.1. The van der Waals surface area contributed by atoms with Crippen molar-refractivity contribution in [2.24, 2.45) is 0 Å². The zero-order chi connectivity index (χ0) is 17.2. The van der Waals surface area contributed by atoms with E-state index in [9.17, 15) is 4.79 Å². The predicted octanol–water partition coefficient (Wildman–Crippen LogP) is 1.98. The topological polar surface area (TPSA) is 77.0 Å². The molecule has 1 fully saturated rings. The number of aromatic nitrogens is 4. The molecule has 0 radical (unpaired) electrons. The summed E-state index contributed by atoms with van der Waals surface area (Å²) < 4.78 is 7.06. The second-order valence-corrected chi connectivity index (χ2v) is 6.31. The van der Waals surface area contributed by atoms with Crippen LogP contribution in [-0.2, 0) is 11.3 Å². The molecule has 3 aromatic rings. The monoisotopic (exact) mass is 337 g/mol. The third-order valence-corrected chi connectivity index (χ3v) is 4.62. The van der Waals surface area contributed by atoms with Crippen LogP contribution < -0.4 is 0 Å². The average Bonchev–Trinajstić information content (AvgIpc) is 3.35. The molecule has 1 aliphatic rings. The second kappa shape index (κ2) is 6.51. The van der Waals surface area contributed by atoms with Gasteiger partial charge in [-0.25, -0.2) is 0 Å². The van der Waals surface area contributed by atoms with E-state index in [1.165, 1.54) is 5.56 Å². The van der Waals surface area contributed by atoms with Crippen molar-refractivity contribution < 1.29 is 9.32 Å². The molecule has 1 saturated heterocycles. The number of hydrogen-bond acceptors (Lipinski definition) is 5. The van der Waals surface area contributed by atoms with Crippen molar-refractivity contribution in [2.75, 3.05) is 13.1 Å². The predicted molar refractivity (Wildman–Crippen MR) is 89.8 cm³/mol. The fourth-order valence-electron chi connectivity index (χ4n) is 3.39. The number of aryl methyl sites for hydroxylation is 1. The summed E-state index contributed by atoms with van der Waals surface area (Å²) in [5.41, 5.74) is 1.18. The van der Waals surface area contributed by atoms with Gasteiger partial charge in [-0.15, -0.1) is 0 Å². The molecule has 0 N–H and O–H groups in total. The van der Waals surface area contributed by atoms with Crippen molar-refractivity contribution in [3.8, 4) is 0 Å². The number of nitrogens with zero attached hydrogens (tertiary/aromatic N) is 5. The highest BCUT2D eigenvalue weighted by atomic mass is 16.5. The van der Waals surface area contributed by atoms with Gasteiger partial charge in [-0.2, -0.15) is 10.1 Å². The minimum absolute atomic E-state index is 0.00479. The number of carbonyl (C=O) groups excluding carboxylic acids is 1. The van der Waals surface area contributed by atoms with Gasteiger partial charge in [-0.3, -0.25) is 9.48 Å². The lowest BCUT2D eigenvalue weighted by molar-refractivity contribution is -0.131. The molecule has 0 saturated carbocycles. The molecule has 2 atom stereocenters. The molecular formula is C18H19N5O2. The van der Waals surface area contributed by atoms with Gasteiger partial charge in [0.15, 0.2) is 5.82 Å². The van der Waals surface area contributed by atoms with Crippen LogP contribution in [0.3, 0.4) is 0 Å². The molecule has 4 rings (SSSR count). The lowest BCUT2D eigenvalue weighted by Gasteiger charge is -2.16. The molecule has 7 heteroatoms. The van der Waals surface area contributed by atoms with Crippen LogP contribution in [0.1, 0.15) is 29.1 Å². The van der Waals surface area contributed by atoms with E-state index in [0.29, 0.717) is 24.8 Å². The van der Waals surface area contributed by atoms with Crippen LogP contribution in [0.5, 0.6) is 0 Å². The Kier molecular flexibility index (Phi) is 4.05. The Bertz CT molecular complexity index is 844. The van der Waals surface area contributed by atoms with E-state index in [4.69, 9.17) is 4.52 Å². The molecule has 2 aromatic heterocycles. The van der Waals surface area contributed by atoms with Gasteiger partial charge in [0, 0.05) is 31.4 Å². The highest BCUT2D eigenvalue weighted by Crippen LogP contribution is 2.39. The Balaban J connectivity index is 1.59. The van der Waals surface area contributed by atoms with E-state index < -0.39 is 0 Å². The molecule has 3 heterocycles. The number of amides is 1. The smallest absolute Gasteiger partial charge is 0.244 e. The van der Waals surface area contributed by atoms with E-state index in [1.54, 1.807) is 24.0 Å². The summed E-state index contributed by atoms with van der Waals surface area (Å²) in [5, 5.41) is 8.03. The molecule has 0 bridgehead atoms. The van der Waals surface area contributed by atoms with Gasteiger partial charge in [0.25, 0.3) is 0 Å². The van der Waals surface area contributed by atoms with E-state index >= 15 is 0 Å². The minimum atomic E-state index is 0.00479. The zero-order valence-corrected chi connectivity index (χ0v) is 13.9.